The van der Waals surface area contributed by atoms with Gasteiger partial charge in [0.1, 0.15) is 18.3 Å². The van der Waals surface area contributed by atoms with Crippen molar-refractivity contribution in [2.45, 2.75) is 49.7 Å². The number of carboxylic acid groups (broad SMARTS) is 1. The van der Waals surface area contributed by atoms with Gasteiger partial charge in [0.2, 0.25) is 0 Å². The van der Waals surface area contributed by atoms with E-state index in [0.29, 0.717) is 10.6 Å². The Kier molecular flexibility index (Phi) is 6.07. The SMILES string of the molecule is [2H]C([2H])([2H])N(CCCC(OC1OC(C(=O)O)C(O)C(O)C1O)c1cccnc1)N=O. The maximum absolute atomic E-state index is 11.3. The highest BCUT2D eigenvalue weighted by Crippen LogP contribution is 2.30. The van der Waals surface area contributed by atoms with Gasteiger partial charge < -0.3 is 29.9 Å². The van der Waals surface area contributed by atoms with Gasteiger partial charge in [-0.3, -0.25) is 9.99 Å². The molecule has 1 saturated heterocycles. The number of aliphatic hydroxyl groups excluding tert-OH is 3. The van der Waals surface area contributed by atoms with E-state index in [2.05, 4.69) is 10.3 Å². The number of nitroso groups, excluding NO2 is 1. The van der Waals surface area contributed by atoms with Crippen molar-refractivity contribution in [1.29, 1.82) is 0 Å². The zero-order valence-electron chi connectivity index (χ0n) is 17.2. The first kappa shape index (κ1) is 17.0. The average molecular weight is 388 g/mol. The Morgan fingerprint density at radius 1 is 1.44 bits per heavy atom. The zero-order chi connectivity index (χ0) is 22.5. The summed E-state index contributed by atoms with van der Waals surface area (Å²) in [5.74, 6) is -1.55. The predicted octanol–water partition coefficient (Wildman–Crippen LogP) is -0.575. The molecule has 2 heterocycles. The molecular weight excluding hydrogens is 362 g/mol. The molecule has 0 amide bonds. The molecular formula is C16H23N3O8. The molecule has 2 rings (SSSR count). The van der Waals surface area contributed by atoms with Gasteiger partial charge in [-0.25, -0.2) is 4.79 Å². The summed E-state index contributed by atoms with van der Waals surface area (Å²) >= 11 is 0. The maximum Gasteiger partial charge on any atom is 0.335 e. The highest BCUT2D eigenvalue weighted by Gasteiger charge is 2.48. The van der Waals surface area contributed by atoms with E-state index in [4.69, 9.17) is 18.7 Å². The summed E-state index contributed by atoms with van der Waals surface area (Å²) in [5.41, 5.74) is 0.500. The van der Waals surface area contributed by atoms with E-state index in [1.807, 2.05) is 0 Å². The van der Waals surface area contributed by atoms with Crippen LogP contribution in [0.5, 0.6) is 0 Å². The van der Waals surface area contributed by atoms with Gasteiger partial charge >= 0.3 is 5.97 Å². The van der Waals surface area contributed by atoms with Crippen LogP contribution >= 0.6 is 0 Å². The summed E-state index contributed by atoms with van der Waals surface area (Å²) < 4.78 is 32.5. The molecule has 4 N–H and O–H groups in total. The third kappa shape index (κ3) is 5.40. The molecule has 150 valence electrons. The molecule has 6 atom stereocenters. The van der Waals surface area contributed by atoms with Crippen LogP contribution in [-0.4, -0.2) is 80.6 Å². The third-order valence-electron chi connectivity index (χ3n) is 4.10. The van der Waals surface area contributed by atoms with Crippen LogP contribution in [0.3, 0.4) is 0 Å². The molecule has 1 aliphatic rings. The summed E-state index contributed by atoms with van der Waals surface area (Å²) in [7, 11) is 0. The Bertz CT molecular complexity index is 711. The first-order valence-corrected chi connectivity index (χ1v) is 8.15. The summed E-state index contributed by atoms with van der Waals surface area (Å²) in [6.07, 6.45) is -6.53. The lowest BCUT2D eigenvalue weighted by Crippen LogP contribution is -2.60. The van der Waals surface area contributed by atoms with Crippen LogP contribution in [0.15, 0.2) is 29.8 Å². The normalized spacial score (nSPS) is 31.2. The summed E-state index contributed by atoms with van der Waals surface area (Å²) in [4.78, 5) is 25.9. The van der Waals surface area contributed by atoms with E-state index in [9.17, 15) is 25.0 Å². The number of hydrogen-bond donors (Lipinski definition) is 4. The second-order valence-corrected chi connectivity index (χ2v) is 5.99. The van der Waals surface area contributed by atoms with Crippen molar-refractivity contribution in [3.63, 3.8) is 0 Å². The van der Waals surface area contributed by atoms with Crippen molar-refractivity contribution in [1.82, 2.24) is 9.99 Å². The van der Waals surface area contributed by atoms with Gasteiger partial charge in [0.25, 0.3) is 0 Å². The zero-order valence-corrected chi connectivity index (χ0v) is 14.2. The minimum absolute atomic E-state index is 0.122. The lowest BCUT2D eigenvalue weighted by atomic mass is 9.98. The first-order valence-electron chi connectivity index (χ1n) is 9.65. The van der Waals surface area contributed by atoms with Gasteiger partial charge in [-0.15, -0.1) is 4.91 Å². The minimum Gasteiger partial charge on any atom is -0.479 e. The summed E-state index contributed by atoms with van der Waals surface area (Å²) in [6.45, 7) is -2.92. The Labute approximate surface area is 159 Å². The number of ether oxygens (including phenoxy) is 2. The highest BCUT2D eigenvalue weighted by atomic mass is 16.7. The molecule has 1 aliphatic heterocycles. The van der Waals surface area contributed by atoms with E-state index in [0.717, 1.165) is 0 Å². The number of aromatic nitrogens is 1. The van der Waals surface area contributed by atoms with Crippen LogP contribution in [0.2, 0.25) is 0 Å². The summed E-state index contributed by atoms with van der Waals surface area (Å²) in [5, 5.41) is 41.9. The van der Waals surface area contributed by atoms with Crippen molar-refractivity contribution in [3.05, 3.63) is 35.0 Å². The van der Waals surface area contributed by atoms with Crippen LogP contribution in [0, 0.1) is 4.91 Å². The number of carbonyl (C=O) groups is 1. The number of aliphatic hydroxyl groups is 3. The first-order chi connectivity index (χ1) is 14.1. The average Bonchev–Trinajstić information content (AvgIpc) is 2.69. The molecule has 11 heteroatoms. The van der Waals surface area contributed by atoms with E-state index in [1.54, 1.807) is 12.1 Å². The second kappa shape index (κ2) is 9.67. The molecule has 27 heavy (non-hydrogen) atoms. The molecule has 1 aromatic heterocycles. The molecule has 0 aliphatic carbocycles. The van der Waals surface area contributed by atoms with E-state index >= 15 is 0 Å². The standard InChI is InChI=1S/C16H23N3O8/c1-19(18-25)7-3-5-10(9-4-2-6-17-8-9)26-16-13(22)11(20)12(21)14(27-16)15(23)24/h2,4,6,8,10-14,16,20-22H,3,5,7H2,1H3,(H,23,24)/i1D3. The van der Waals surface area contributed by atoms with E-state index < -0.39 is 49.8 Å². The van der Waals surface area contributed by atoms with Crippen molar-refractivity contribution in [2.75, 3.05) is 13.5 Å². The number of nitrogens with zero attached hydrogens (tertiary/aromatic N) is 3. The number of hydrogen-bond acceptors (Lipinski definition) is 9. The fraction of sp³-hybridized carbons (Fsp3) is 0.625. The molecule has 6 unspecified atom stereocenters. The molecule has 0 spiro atoms. The third-order valence-corrected chi connectivity index (χ3v) is 4.10. The van der Waals surface area contributed by atoms with Gasteiger partial charge in [-0.05, 0) is 24.5 Å². The molecule has 11 nitrogen and oxygen atoms in total. The van der Waals surface area contributed by atoms with Crippen LogP contribution in [0.4, 0.5) is 0 Å². The molecule has 0 aromatic carbocycles. The predicted molar refractivity (Wildman–Crippen MR) is 90.0 cm³/mol. The number of aliphatic carboxylic acids is 1. The van der Waals surface area contributed by atoms with Gasteiger partial charge in [0.05, 0.1) is 11.4 Å². The molecule has 0 radical (unpaired) electrons. The van der Waals surface area contributed by atoms with Crippen molar-refractivity contribution in [2.24, 2.45) is 5.29 Å². The number of carboxylic acids is 1. The monoisotopic (exact) mass is 388 g/mol. The molecule has 0 saturated carbocycles. The number of pyridine rings is 1. The highest BCUT2D eigenvalue weighted by molar-refractivity contribution is 5.73. The topological polar surface area (TPSA) is 162 Å². The van der Waals surface area contributed by atoms with E-state index in [1.165, 1.54) is 12.4 Å². The van der Waals surface area contributed by atoms with Gasteiger partial charge in [0, 0.05) is 30.0 Å². The molecule has 0 bridgehead atoms. The van der Waals surface area contributed by atoms with E-state index in [-0.39, 0.29) is 19.4 Å². The van der Waals surface area contributed by atoms with Crippen LogP contribution in [-0.2, 0) is 14.3 Å². The Hall–Kier alpha value is -2.18. The quantitative estimate of drug-likeness (QED) is 0.318. The Morgan fingerprint density at radius 2 is 2.22 bits per heavy atom. The second-order valence-electron chi connectivity index (χ2n) is 5.99. The van der Waals surface area contributed by atoms with Crippen molar-refractivity contribution < 1.29 is 38.8 Å². The fourth-order valence-electron chi connectivity index (χ4n) is 2.67. The summed E-state index contributed by atoms with van der Waals surface area (Å²) in [6, 6.07) is 3.23. The Morgan fingerprint density at radius 3 is 2.81 bits per heavy atom. The minimum atomic E-state index is -2.70. The van der Waals surface area contributed by atoms with Crippen LogP contribution in [0.1, 0.15) is 28.6 Å². The Balaban J connectivity index is 2.14. The number of rotatable bonds is 9. The van der Waals surface area contributed by atoms with Gasteiger partial charge in [-0.2, -0.15) is 0 Å². The van der Waals surface area contributed by atoms with Crippen molar-refractivity contribution >= 4 is 5.97 Å². The smallest absolute Gasteiger partial charge is 0.335 e. The van der Waals surface area contributed by atoms with Gasteiger partial charge in [-0.1, -0.05) is 6.07 Å². The lowest BCUT2D eigenvalue weighted by molar-refractivity contribution is -0.306. The molecule has 1 aromatic rings. The van der Waals surface area contributed by atoms with Crippen molar-refractivity contribution in [3.8, 4) is 0 Å². The maximum atomic E-state index is 11.3. The largest absolute Gasteiger partial charge is 0.479 e. The van der Waals surface area contributed by atoms with Crippen LogP contribution in [0.25, 0.3) is 0 Å². The van der Waals surface area contributed by atoms with Gasteiger partial charge in [0.15, 0.2) is 12.4 Å². The van der Waals surface area contributed by atoms with Crippen LogP contribution < -0.4 is 0 Å². The fourth-order valence-corrected chi connectivity index (χ4v) is 2.67. The molecule has 1 fully saturated rings. The lowest BCUT2D eigenvalue weighted by Gasteiger charge is -2.39.